The van der Waals surface area contributed by atoms with E-state index in [9.17, 15) is 14.7 Å². The third-order valence-electron chi connectivity index (χ3n) is 2.79. The summed E-state index contributed by atoms with van der Waals surface area (Å²) < 4.78 is 6.69. The van der Waals surface area contributed by atoms with Crippen molar-refractivity contribution < 1.29 is 9.84 Å². The van der Waals surface area contributed by atoms with E-state index in [0.29, 0.717) is 11.3 Å². The van der Waals surface area contributed by atoms with Gasteiger partial charge in [-0.25, -0.2) is 4.79 Å². The minimum absolute atomic E-state index is 0.0851. The normalized spacial score (nSPS) is 12.3. The van der Waals surface area contributed by atoms with E-state index >= 15 is 0 Å². The molecule has 2 rings (SSSR count). The second-order valence-corrected chi connectivity index (χ2v) is 4.26. The van der Waals surface area contributed by atoms with Crippen LogP contribution in [0.3, 0.4) is 0 Å². The lowest BCUT2D eigenvalue weighted by Gasteiger charge is -2.15. The number of aromatic nitrogens is 3. The summed E-state index contributed by atoms with van der Waals surface area (Å²) in [7, 11) is 0. The first kappa shape index (κ1) is 14.2. The maximum atomic E-state index is 11.6. The fourth-order valence-corrected chi connectivity index (χ4v) is 1.68. The molecule has 2 N–H and O–H groups in total. The van der Waals surface area contributed by atoms with Crippen LogP contribution in [-0.4, -0.2) is 26.2 Å². The van der Waals surface area contributed by atoms with Crippen LogP contribution in [0.15, 0.2) is 40.2 Å². The Hall–Kier alpha value is -2.25. The fourth-order valence-electron chi connectivity index (χ4n) is 1.68. The van der Waals surface area contributed by atoms with Crippen LogP contribution >= 0.6 is 0 Å². The van der Waals surface area contributed by atoms with Gasteiger partial charge in [-0.2, -0.15) is 0 Å². The largest absolute Gasteiger partial charge is 0.393 e. The van der Waals surface area contributed by atoms with Crippen molar-refractivity contribution in [2.45, 2.75) is 19.8 Å². The number of nitrogens with zero attached hydrogens (tertiary/aromatic N) is 2. The zero-order valence-corrected chi connectivity index (χ0v) is 10.9. The van der Waals surface area contributed by atoms with Crippen LogP contribution in [0, 0.1) is 6.92 Å². The van der Waals surface area contributed by atoms with Gasteiger partial charge in [0.25, 0.3) is 5.56 Å². The Morgan fingerprint density at radius 3 is 2.90 bits per heavy atom. The summed E-state index contributed by atoms with van der Waals surface area (Å²) in [5.74, 6) is 0. The minimum atomic E-state index is -0.629. The number of rotatable bonds is 5. The van der Waals surface area contributed by atoms with Crippen molar-refractivity contribution in [3.05, 3.63) is 62.7 Å². The number of aryl methyl sites for hydroxylation is 1. The molecule has 0 fully saturated rings. The smallest absolute Gasteiger partial charge is 0.330 e. The number of pyridine rings is 1. The summed E-state index contributed by atoms with van der Waals surface area (Å²) >= 11 is 0. The van der Waals surface area contributed by atoms with E-state index in [1.165, 1.54) is 10.8 Å². The average Bonchev–Trinajstić information content (AvgIpc) is 2.46. The summed E-state index contributed by atoms with van der Waals surface area (Å²) in [5.41, 5.74) is 0.00350. The van der Waals surface area contributed by atoms with Gasteiger partial charge in [0.05, 0.1) is 12.3 Å². The summed E-state index contributed by atoms with van der Waals surface area (Å²) in [6.45, 7) is 1.25. The van der Waals surface area contributed by atoms with Crippen molar-refractivity contribution in [1.29, 1.82) is 0 Å². The molecular formula is C13H15N3O4. The number of aliphatic hydroxyl groups excluding tert-OH is 1. The van der Waals surface area contributed by atoms with E-state index in [0.717, 1.165) is 0 Å². The van der Waals surface area contributed by atoms with Gasteiger partial charge in [-0.3, -0.25) is 19.3 Å². The van der Waals surface area contributed by atoms with E-state index in [1.807, 2.05) is 0 Å². The highest BCUT2D eigenvalue weighted by Crippen LogP contribution is 2.13. The van der Waals surface area contributed by atoms with Crippen molar-refractivity contribution in [3.8, 4) is 0 Å². The number of hydrogen-bond acceptors (Lipinski definition) is 5. The third kappa shape index (κ3) is 3.19. The molecule has 0 radical (unpaired) electrons. The molecule has 7 nitrogen and oxygen atoms in total. The fraction of sp³-hybridized carbons (Fsp3) is 0.308. The molecule has 0 bridgehead atoms. The minimum Gasteiger partial charge on any atom is -0.393 e. The van der Waals surface area contributed by atoms with Gasteiger partial charge in [0.15, 0.2) is 0 Å². The van der Waals surface area contributed by atoms with Crippen LogP contribution in [0.1, 0.15) is 17.4 Å². The van der Waals surface area contributed by atoms with E-state index in [4.69, 9.17) is 4.74 Å². The molecule has 0 spiro atoms. The topological polar surface area (TPSA) is 97.2 Å². The molecule has 1 unspecified atom stereocenters. The van der Waals surface area contributed by atoms with Crippen LogP contribution in [0.25, 0.3) is 0 Å². The van der Waals surface area contributed by atoms with Gasteiger partial charge in [-0.05, 0) is 19.1 Å². The number of ether oxygens (including phenoxy) is 1. The van der Waals surface area contributed by atoms with Crippen molar-refractivity contribution in [1.82, 2.24) is 14.5 Å². The Bertz CT molecular complexity index is 678. The van der Waals surface area contributed by atoms with Crippen molar-refractivity contribution in [2.75, 3.05) is 6.61 Å². The third-order valence-corrected chi connectivity index (χ3v) is 2.79. The van der Waals surface area contributed by atoms with Crippen LogP contribution in [0.2, 0.25) is 0 Å². The zero-order chi connectivity index (χ0) is 14.5. The van der Waals surface area contributed by atoms with E-state index in [-0.39, 0.29) is 13.3 Å². The lowest BCUT2D eigenvalue weighted by molar-refractivity contribution is -0.0295. The Labute approximate surface area is 114 Å². The molecule has 0 aliphatic heterocycles. The Morgan fingerprint density at radius 2 is 2.25 bits per heavy atom. The second kappa shape index (κ2) is 6.27. The first-order chi connectivity index (χ1) is 9.61. The number of H-pyrrole nitrogens is 1. The first-order valence-corrected chi connectivity index (χ1v) is 6.05. The van der Waals surface area contributed by atoms with Gasteiger partial charge in [0, 0.05) is 18.0 Å². The van der Waals surface area contributed by atoms with Crippen LogP contribution in [0.5, 0.6) is 0 Å². The monoisotopic (exact) mass is 277 g/mol. The highest BCUT2D eigenvalue weighted by atomic mass is 16.5. The summed E-state index contributed by atoms with van der Waals surface area (Å²) in [6, 6.07) is 5.26. The molecule has 0 saturated heterocycles. The van der Waals surface area contributed by atoms with Crippen LogP contribution < -0.4 is 11.2 Å². The molecule has 0 aromatic carbocycles. The molecule has 7 heteroatoms. The van der Waals surface area contributed by atoms with Crippen LogP contribution in [0.4, 0.5) is 0 Å². The molecule has 0 aliphatic rings. The first-order valence-electron chi connectivity index (χ1n) is 6.05. The molecule has 106 valence electrons. The molecule has 1 atom stereocenters. The summed E-state index contributed by atoms with van der Waals surface area (Å²) in [5, 5.41) is 9.32. The van der Waals surface area contributed by atoms with E-state index in [1.54, 1.807) is 31.3 Å². The number of aliphatic hydroxyl groups is 1. The molecule has 20 heavy (non-hydrogen) atoms. The number of hydrogen-bond donors (Lipinski definition) is 2. The van der Waals surface area contributed by atoms with Gasteiger partial charge in [0.1, 0.15) is 12.8 Å². The van der Waals surface area contributed by atoms with Gasteiger partial charge in [0.2, 0.25) is 0 Å². The summed E-state index contributed by atoms with van der Waals surface area (Å²) in [6.07, 6.45) is 2.38. The highest BCUT2D eigenvalue weighted by Gasteiger charge is 2.12. The molecule has 0 saturated carbocycles. The molecule has 2 aromatic rings. The Morgan fingerprint density at radius 1 is 1.45 bits per heavy atom. The van der Waals surface area contributed by atoms with Gasteiger partial charge in [-0.1, -0.05) is 6.07 Å². The molecular weight excluding hydrogens is 262 g/mol. The van der Waals surface area contributed by atoms with Crippen molar-refractivity contribution >= 4 is 0 Å². The highest BCUT2D eigenvalue weighted by molar-refractivity contribution is 5.07. The predicted molar refractivity (Wildman–Crippen MR) is 71.2 cm³/mol. The second-order valence-electron chi connectivity index (χ2n) is 4.26. The van der Waals surface area contributed by atoms with Crippen molar-refractivity contribution in [2.24, 2.45) is 0 Å². The van der Waals surface area contributed by atoms with Crippen molar-refractivity contribution in [3.63, 3.8) is 0 Å². The standard InChI is InChI=1S/C13H15N3O4/c1-9-6-16(13(19)15-12(9)18)8-20-11(7-17)10-4-2-3-5-14-10/h2-6,11,17H,7-8H2,1H3,(H,15,18,19). The van der Waals surface area contributed by atoms with E-state index in [2.05, 4.69) is 9.97 Å². The Balaban J connectivity index is 2.13. The predicted octanol–water partition coefficient (Wildman–Crippen LogP) is -0.0523. The van der Waals surface area contributed by atoms with Gasteiger partial charge in [-0.15, -0.1) is 0 Å². The van der Waals surface area contributed by atoms with Gasteiger partial charge < -0.3 is 9.84 Å². The lowest BCUT2D eigenvalue weighted by Crippen LogP contribution is -2.32. The van der Waals surface area contributed by atoms with Gasteiger partial charge >= 0.3 is 5.69 Å². The quantitative estimate of drug-likeness (QED) is 0.798. The molecule has 0 aliphatic carbocycles. The number of nitrogens with one attached hydrogen (secondary N) is 1. The zero-order valence-electron chi connectivity index (χ0n) is 10.9. The van der Waals surface area contributed by atoms with E-state index < -0.39 is 17.4 Å². The number of aromatic amines is 1. The maximum absolute atomic E-state index is 11.6. The molecule has 2 aromatic heterocycles. The Kier molecular flexibility index (Phi) is 4.44. The molecule has 0 amide bonds. The SMILES string of the molecule is Cc1cn(COC(CO)c2ccccn2)c(=O)[nH]c1=O. The lowest BCUT2D eigenvalue weighted by atomic mass is 10.2. The maximum Gasteiger partial charge on any atom is 0.330 e. The summed E-state index contributed by atoms with van der Waals surface area (Å²) in [4.78, 5) is 29.1. The van der Waals surface area contributed by atoms with Crippen LogP contribution in [-0.2, 0) is 11.5 Å². The average molecular weight is 277 g/mol. The molecule has 2 heterocycles.